The Labute approximate surface area is 101 Å². The van der Waals surface area contributed by atoms with Gasteiger partial charge in [-0.1, -0.05) is 18.7 Å². The van der Waals surface area contributed by atoms with Crippen LogP contribution in [0.1, 0.15) is 19.8 Å². The molecule has 5 heteroatoms. The summed E-state index contributed by atoms with van der Waals surface area (Å²) in [5, 5.41) is 4.49. The lowest BCUT2D eigenvalue weighted by molar-refractivity contribution is -0.00898. The van der Waals surface area contributed by atoms with Gasteiger partial charge in [-0.15, -0.1) is 0 Å². The number of methoxy groups -OCH3 is 1. The van der Waals surface area contributed by atoms with Gasteiger partial charge in [0.05, 0.1) is 13.2 Å². The molecule has 16 heavy (non-hydrogen) atoms. The summed E-state index contributed by atoms with van der Waals surface area (Å²) in [6, 6.07) is 0.585. The molecule has 0 spiro atoms. The molecule has 0 radical (unpaired) electrons. The second-order valence-electron chi connectivity index (χ2n) is 4.37. The summed E-state index contributed by atoms with van der Waals surface area (Å²) in [6.07, 6.45) is 2.10. The molecule has 0 bridgehead atoms. The minimum atomic E-state index is -0.181. The molecule has 2 aliphatic rings. The highest BCUT2D eigenvalue weighted by Gasteiger charge is 2.35. The summed E-state index contributed by atoms with van der Waals surface area (Å²) >= 11 is 1.81. The van der Waals surface area contributed by atoms with E-state index in [0.717, 1.165) is 30.4 Å². The fraction of sp³-hybridized carbons (Fsp3) is 0.909. The van der Waals surface area contributed by atoms with Gasteiger partial charge < -0.3 is 14.8 Å². The molecular weight excluding hydrogens is 224 g/mol. The van der Waals surface area contributed by atoms with Gasteiger partial charge in [-0.2, -0.15) is 0 Å². The number of ether oxygens (including phenoxy) is 2. The summed E-state index contributed by atoms with van der Waals surface area (Å²) < 4.78 is 10.9. The molecular formula is C11H20N2O2S. The predicted molar refractivity (Wildman–Crippen MR) is 67.2 cm³/mol. The third kappa shape index (κ3) is 2.70. The van der Waals surface area contributed by atoms with Crippen LogP contribution in [0, 0.1) is 0 Å². The normalized spacial score (nSPS) is 36.9. The molecule has 0 aromatic carbocycles. The van der Waals surface area contributed by atoms with Crippen LogP contribution in [0.25, 0.3) is 0 Å². The first-order chi connectivity index (χ1) is 7.78. The third-order valence-electron chi connectivity index (χ3n) is 3.25. The molecule has 0 aliphatic carbocycles. The van der Waals surface area contributed by atoms with Crippen LogP contribution in [0.2, 0.25) is 0 Å². The van der Waals surface area contributed by atoms with Gasteiger partial charge in [0.25, 0.3) is 0 Å². The molecule has 0 amide bonds. The van der Waals surface area contributed by atoms with Gasteiger partial charge in [-0.25, -0.2) is 0 Å². The summed E-state index contributed by atoms with van der Waals surface area (Å²) in [7, 11) is 1.75. The molecule has 2 aliphatic heterocycles. The number of aliphatic imine (C=N–C) groups is 1. The second kappa shape index (κ2) is 5.38. The highest BCUT2D eigenvalue weighted by molar-refractivity contribution is 8.14. The van der Waals surface area contributed by atoms with E-state index in [-0.39, 0.29) is 5.60 Å². The van der Waals surface area contributed by atoms with Gasteiger partial charge in [0.15, 0.2) is 5.17 Å². The Morgan fingerprint density at radius 1 is 1.69 bits per heavy atom. The van der Waals surface area contributed by atoms with Crippen LogP contribution in [0.3, 0.4) is 0 Å². The van der Waals surface area contributed by atoms with Crippen LogP contribution >= 0.6 is 11.8 Å². The van der Waals surface area contributed by atoms with Crippen molar-refractivity contribution in [3.63, 3.8) is 0 Å². The number of rotatable bonds is 4. The Morgan fingerprint density at radius 3 is 3.12 bits per heavy atom. The van der Waals surface area contributed by atoms with Crippen molar-refractivity contribution in [2.24, 2.45) is 4.99 Å². The van der Waals surface area contributed by atoms with Crippen molar-refractivity contribution < 1.29 is 9.47 Å². The standard InChI is InChI=1S/C11H20N2O2S/c1-3-9-6-16-10(13-9)12-7-11(14-2)4-5-15-8-11/h9H,3-8H2,1-2H3,(H,12,13). The molecule has 0 saturated carbocycles. The minimum Gasteiger partial charge on any atom is -0.378 e. The largest absolute Gasteiger partial charge is 0.378 e. The van der Waals surface area contributed by atoms with Crippen molar-refractivity contribution in [2.75, 3.05) is 32.6 Å². The van der Waals surface area contributed by atoms with E-state index in [2.05, 4.69) is 17.2 Å². The monoisotopic (exact) mass is 244 g/mol. The minimum absolute atomic E-state index is 0.181. The quantitative estimate of drug-likeness (QED) is 0.808. The Balaban J connectivity index is 1.88. The van der Waals surface area contributed by atoms with E-state index < -0.39 is 0 Å². The average molecular weight is 244 g/mol. The molecule has 2 rings (SSSR count). The van der Waals surface area contributed by atoms with Crippen molar-refractivity contribution in [2.45, 2.75) is 31.4 Å². The molecule has 92 valence electrons. The number of nitrogens with zero attached hydrogens (tertiary/aromatic N) is 1. The topological polar surface area (TPSA) is 42.9 Å². The van der Waals surface area contributed by atoms with Crippen LogP contribution in [0.5, 0.6) is 0 Å². The van der Waals surface area contributed by atoms with E-state index in [4.69, 9.17) is 9.47 Å². The molecule has 0 aromatic heterocycles. The van der Waals surface area contributed by atoms with Gasteiger partial charge in [0.2, 0.25) is 0 Å². The molecule has 0 aromatic rings. The maximum absolute atomic E-state index is 5.54. The van der Waals surface area contributed by atoms with E-state index in [1.54, 1.807) is 7.11 Å². The molecule has 1 N–H and O–H groups in total. The van der Waals surface area contributed by atoms with E-state index in [9.17, 15) is 0 Å². The lowest BCUT2D eigenvalue weighted by Gasteiger charge is -2.23. The number of nitrogens with one attached hydrogen (secondary N) is 1. The van der Waals surface area contributed by atoms with E-state index in [1.165, 1.54) is 0 Å². The van der Waals surface area contributed by atoms with Crippen molar-refractivity contribution >= 4 is 16.9 Å². The Morgan fingerprint density at radius 2 is 2.56 bits per heavy atom. The average Bonchev–Trinajstić information content (AvgIpc) is 2.96. The molecule has 2 atom stereocenters. The molecule has 4 nitrogen and oxygen atoms in total. The Hall–Kier alpha value is -0.260. The van der Waals surface area contributed by atoms with Crippen LogP contribution < -0.4 is 5.32 Å². The first-order valence-corrected chi connectivity index (χ1v) is 6.83. The predicted octanol–water partition coefficient (Wildman–Crippen LogP) is 1.26. The summed E-state index contributed by atoms with van der Waals surface area (Å²) in [5.74, 6) is 1.13. The van der Waals surface area contributed by atoms with Crippen molar-refractivity contribution in [3.8, 4) is 0 Å². The molecule has 2 heterocycles. The number of hydrogen-bond acceptors (Lipinski definition) is 4. The Bertz CT molecular complexity index is 265. The highest BCUT2D eigenvalue weighted by Crippen LogP contribution is 2.24. The first-order valence-electron chi connectivity index (χ1n) is 5.85. The van der Waals surface area contributed by atoms with E-state index in [0.29, 0.717) is 19.2 Å². The zero-order chi connectivity index (χ0) is 11.4. The van der Waals surface area contributed by atoms with Crippen molar-refractivity contribution in [1.29, 1.82) is 0 Å². The van der Waals surface area contributed by atoms with Gasteiger partial charge in [-0.05, 0) is 6.42 Å². The highest BCUT2D eigenvalue weighted by atomic mass is 32.2. The van der Waals surface area contributed by atoms with Gasteiger partial charge >= 0.3 is 0 Å². The van der Waals surface area contributed by atoms with Crippen molar-refractivity contribution in [3.05, 3.63) is 0 Å². The fourth-order valence-corrected chi connectivity index (χ4v) is 2.99. The van der Waals surface area contributed by atoms with Crippen LogP contribution in [0.15, 0.2) is 4.99 Å². The van der Waals surface area contributed by atoms with Crippen LogP contribution in [-0.4, -0.2) is 49.4 Å². The maximum atomic E-state index is 5.54. The maximum Gasteiger partial charge on any atom is 0.156 e. The molecule has 2 fully saturated rings. The number of thioether (sulfide) groups is 1. The van der Waals surface area contributed by atoms with E-state index >= 15 is 0 Å². The van der Waals surface area contributed by atoms with Crippen LogP contribution in [0.4, 0.5) is 0 Å². The molecule has 2 saturated heterocycles. The Kier molecular flexibility index (Phi) is 4.10. The van der Waals surface area contributed by atoms with Crippen molar-refractivity contribution in [1.82, 2.24) is 5.32 Å². The zero-order valence-corrected chi connectivity index (χ0v) is 10.8. The lowest BCUT2D eigenvalue weighted by atomic mass is 10.0. The summed E-state index contributed by atoms with van der Waals surface area (Å²) in [5.41, 5.74) is -0.181. The van der Waals surface area contributed by atoms with Gasteiger partial charge in [0.1, 0.15) is 5.60 Å². The van der Waals surface area contributed by atoms with E-state index in [1.807, 2.05) is 11.8 Å². The number of amidine groups is 1. The summed E-state index contributed by atoms with van der Waals surface area (Å²) in [6.45, 7) is 4.36. The van der Waals surface area contributed by atoms with Gasteiger partial charge in [-0.3, -0.25) is 4.99 Å². The molecule has 2 unspecified atom stereocenters. The fourth-order valence-electron chi connectivity index (χ4n) is 1.90. The third-order valence-corrected chi connectivity index (χ3v) is 4.34. The summed E-state index contributed by atoms with van der Waals surface area (Å²) in [4.78, 5) is 4.61. The van der Waals surface area contributed by atoms with Gasteiger partial charge in [0, 0.05) is 31.9 Å². The SMILES string of the molecule is CCC1CSC(=NCC2(OC)CCOC2)N1. The second-order valence-corrected chi connectivity index (χ2v) is 5.38. The number of hydrogen-bond donors (Lipinski definition) is 1. The smallest absolute Gasteiger partial charge is 0.156 e. The first kappa shape index (κ1) is 12.2. The lowest BCUT2D eigenvalue weighted by Crippen LogP contribution is -2.36. The zero-order valence-electron chi connectivity index (χ0n) is 9.99. The van der Waals surface area contributed by atoms with Crippen LogP contribution in [-0.2, 0) is 9.47 Å².